The number of anilines is 2. The molecule has 18 heavy (non-hydrogen) atoms. The van der Waals surface area contributed by atoms with Gasteiger partial charge in [-0.2, -0.15) is 0 Å². The summed E-state index contributed by atoms with van der Waals surface area (Å²) in [6.45, 7) is 0. The van der Waals surface area contributed by atoms with Crippen LogP contribution in [0.25, 0.3) is 11.1 Å². The highest BCUT2D eigenvalue weighted by atomic mass is 16.5. The number of rotatable bonds is 2. The maximum Gasteiger partial charge on any atom is 0.324 e. The van der Waals surface area contributed by atoms with Crippen LogP contribution in [-0.2, 0) is 0 Å². The van der Waals surface area contributed by atoms with Crippen LogP contribution in [0.15, 0.2) is 36.5 Å². The number of carbonyl (C=O) groups excluding carboxylic acids is 1. The standard InChI is InChI=1S/C13H11N3O2/c1-18-9-4-2-3-8(7-9)11-10-5-6-14-12(11)16-13(17)15-10/h2-7H,1H3,(H2,14,15,16,17). The van der Waals surface area contributed by atoms with E-state index in [1.807, 2.05) is 24.3 Å². The predicted molar refractivity (Wildman–Crippen MR) is 68.9 cm³/mol. The van der Waals surface area contributed by atoms with Crippen molar-refractivity contribution >= 4 is 17.5 Å². The minimum atomic E-state index is -0.264. The van der Waals surface area contributed by atoms with Crippen LogP contribution in [0.1, 0.15) is 0 Å². The number of amides is 2. The molecule has 3 rings (SSSR count). The molecule has 0 saturated heterocycles. The zero-order valence-electron chi connectivity index (χ0n) is 9.73. The zero-order valence-corrected chi connectivity index (χ0v) is 9.73. The maximum absolute atomic E-state index is 11.4. The van der Waals surface area contributed by atoms with Gasteiger partial charge in [0, 0.05) is 11.8 Å². The van der Waals surface area contributed by atoms with E-state index in [2.05, 4.69) is 15.6 Å². The van der Waals surface area contributed by atoms with Crippen LogP contribution < -0.4 is 15.4 Å². The molecule has 1 aromatic heterocycles. The van der Waals surface area contributed by atoms with Gasteiger partial charge in [0.05, 0.1) is 12.8 Å². The number of urea groups is 1. The van der Waals surface area contributed by atoms with Gasteiger partial charge < -0.3 is 10.1 Å². The summed E-state index contributed by atoms with van der Waals surface area (Å²) in [6, 6.07) is 9.14. The molecule has 0 aliphatic carbocycles. The molecule has 1 aromatic carbocycles. The van der Waals surface area contributed by atoms with E-state index in [-0.39, 0.29) is 6.03 Å². The molecule has 1 aliphatic rings. The monoisotopic (exact) mass is 241 g/mol. The number of pyridine rings is 1. The molecule has 5 nitrogen and oxygen atoms in total. The van der Waals surface area contributed by atoms with Crippen molar-refractivity contribution in [2.75, 3.05) is 17.7 Å². The number of hydrogen-bond donors (Lipinski definition) is 2. The lowest BCUT2D eigenvalue weighted by Gasteiger charge is -2.20. The van der Waals surface area contributed by atoms with Crippen molar-refractivity contribution in [1.82, 2.24) is 4.98 Å². The fourth-order valence-corrected chi connectivity index (χ4v) is 1.99. The number of nitrogens with one attached hydrogen (secondary N) is 2. The Morgan fingerprint density at radius 2 is 2.11 bits per heavy atom. The summed E-state index contributed by atoms with van der Waals surface area (Å²) >= 11 is 0. The van der Waals surface area contributed by atoms with Crippen molar-refractivity contribution in [3.05, 3.63) is 36.5 Å². The van der Waals surface area contributed by atoms with E-state index in [1.54, 1.807) is 19.4 Å². The summed E-state index contributed by atoms with van der Waals surface area (Å²) in [6.07, 6.45) is 1.65. The predicted octanol–water partition coefficient (Wildman–Crippen LogP) is 2.71. The first-order chi connectivity index (χ1) is 8.78. The Kier molecular flexibility index (Phi) is 2.37. The average Bonchev–Trinajstić information content (AvgIpc) is 2.37. The number of hydrogen-bond acceptors (Lipinski definition) is 3. The number of nitrogens with zero attached hydrogens (tertiary/aromatic N) is 1. The second-order valence-corrected chi connectivity index (χ2v) is 3.89. The van der Waals surface area contributed by atoms with Gasteiger partial charge in [-0.15, -0.1) is 0 Å². The SMILES string of the molecule is COc1cccc(-c2c3ccnc2NC(=O)N3)c1. The van der Waals surface area contributed by atoms with Crippen LogP contribution in [-0.4, -0.2) is 18.1 Å². The second-order valence-electron chi connectivity index (χ2n) is 3.89. The second kappa shape index (κ2) is 4.03. The molecule has 0 atom stereocenters. The normalized spacial score (nSPS) is 12.6. The molecule has 2 aromatic rings. The molecule has 0 saturated carbocycles. The van der Waals surface area contributed by atoms with Gasteiger partial charge in [-0.05, 0) is 23.8 Å². The molecule has 5 heteroatoms. The van der Waals surface area contributed by atoms with E-state index < -0.39 is 0 Å². The number of fused-ring (bicyclic) bond motifs is 2. The van der Waals surface area contributed by atoms with Gasteiger partial charge in [-0.3, -0.25) is 5.32 Å². The summed E-state index contributed by atoms with van der Waals surface area (Å²) in [4.78, 5) is 15.6. The molecule has 2 heterocycles. The van der Waals surface area contributed by atoms with Gasteiger partial charge >= 0.3 is 6.03 Å². The van der Waals surface area contributed by atoms with E-state index in [0.717, 1.165) is 22.6 Å². The van der Waals surface area contributed by atoms with Crippen LogP contribution in [0.5, 0.6) is 5.75 Å². The van der Waals surface area contributed by atoms with Crippen LogP contribution in [0, 0.1) is 0 Å². The number of carbonyl (C=O) groups is 1. The van der Waals surface area contributed by atoms with E-state index >= 15 is 0 Å². The van der Waals surface area contributed by atoms with E-state index in [4.69, 9.17) is 4.74 Å². The van der Waals surface area contributed by atoms with Gasteiger partial charge in [-0.25, -0.2) is 9.78 Å². The minimum Gasteiger partial charge on any atom is -0.497 e. The first-order valence-electron chi connectivity index (χ1n) is 5.49. The van der Waals surface area contributed by atoms with E-state index in [1.165, 1.54) is 0 Å². The Morgan fingerprint density at radius 1 is 1.22 bits per heavy atom. The van der Waals surface area contributed by atoms with Gasteiger partial charge in [0.2, 0.25) is 0 Å². The Balaban J connectivity index is 2.16. The first kappa shape index (κ1) is 10.6. The fourth-order valence-electron chi connectivity index (χ4n) is 1.99. The highest BCUT2D eigenvalue weighted by Crippen LogP contribution is 2.37. The van der Waals surface area contributed by atoms with Crippen molar-refractivity contribution in [2.24, 2.45) is 0 Å². The molecule has 1 aliphatic heterocycles. The lowest BCUT2D eigenvalue weighted by molar-refractivity contribution is 0.262. The Bertz CT molecular complexity index is 599. The molecular formula is C13H11N3O2. The van der Waals surface area contributed by atoms with Crippen molar-refractivity contribution in [2.45, 2.75) is 0 Å². The minimum absolute atomic E-state index is 0.264. The molecule has 0 spiro atoms. The molecule has 2 bridgehead atoms. The van der Waals surface area contributed by atoms with Crippen molar-refractivity contribution in [3.8, 4) is 16.9 Å². The molecule has 90 valence electrons. The summed E-state index contributed by atoms with van der Waals surface area (Å²) in [5, 5.41) is 5.44. The number of aromatic nitrogens is 1. The largest absolute Gasteiger partial charge is 0.497 e. The topological polar surface area (TPSA) is 63.2 Å². The summed E-state index contributed by atoms with van der Waals surface area (Å²) in [7, 11) is 1.62. The van der Waals surface area contributed by atoms with Crippen molar-refractivity contribution < 1.29 is 9.53 Å². The fraction of sp³-hybridized carbons (Fsp3) is 0.0769. The average molecular weight is 241 g/mol. The third kappa shape index (κ3) is 1.66. The quantitative estimate of drug-likeness (QED) is 0.849. The first-order valence-corrected chi connectivity index (χ1v) is 5.49. The number of methoxy groups -OCH3 is 1. The summed E-state index contributed by atoms with van der Waals surface area (Å²) in [5.74, 6) is 1.32. The molecular weight excluding hydrogens is 230 g/mol. The van der Waals surface area contributed by atoms with Crippen LogP contribution >= 0.6 is 0 Å². The highest BCUT2D eigenvalue weighted by molar-refractivity contribution is 6.10. The Hall–Kier alpha value is -2.56. The Morgan fingerprint density at radius 3 is 2.89 bits per heavy atom. The van der Waals surface area contributed by atoms with Gasteiger partial charge in [0.25, 0.3) is 0 Å². The molecule has 0 fully saturated rings. The number of ether oxygens (including phenoxy) is 1. The number of benzene rings is 1. The summed E-state index contributed by atoms with van der Waals surface area (Å²) < 4.78 is 5.20. The Labute approximate surface area is 104 Å². The van der Waals surface area contributed by atoms with Gasteiger partial charge in [0.15, 0.2) is 0 Å². The highest BCUT2D eigenvalue weighted by Gasteiger charge is 2.20. The van der Waals surface area contributed by atoms with Crippen LogP contribution in [0.3, 0.4) is 0 Å². The van der Waals surface area contributed by atoms with Crippen molar-refractivity contribution in [3.63, 3.8) is 0 Å². The smallest absolute Gasteiger partial charge is 0.324 e. The zero-order chi connectivity index (χ0) is 12.5. The summed E-state index contributed by atoms with van der Waals surface area (Å²) in [5.41, 5.74) is 2.56. The molecule has 0 unspecified atom stereocenters. The van der Waals surface area contributed by atoms with Crippen LogP contribution in [0.4, 0.5) is 16.3 Å². The maximum atomic E-state index is 11.4. The third-order valence-corrected chi connectivity index (χ3v) is 2.79. The molecule has 0 radical (unpaired) electrons. The third-order valence-electron chi connectivity index (χ3n) is 2.79. The van der Waals surface area contributed by atoms with E-state index in [9.17, 15) is 4.79 Å². The van der Waals surface area contributed by atoms with Crippen molar-refractivity contribution in [1.29, 1.82) is 0 Å². The molecule has 2 amide bonds. The van der Waals surface area contributed by atoms with Gasteiger partial charge in [-0.1, -0.05) is 12.1 Å². The van der Waals surface area contributed by atoms with Gasteiger partial charge in [0.1, 0.15) is 11.6 Å². The lowest BCUT2D eigenvalue weighted by atomic mass is 10.0. The lowest BCUT2D eigenvalue weighted by Crippen LogP contribution is -2.25. The van der Waals surface area contributed by atoms with E-state index in [0.29, 0.717) is 5.82 Å². The molecule has 2 N–H and O–H groups in total. The van der Waals surface area contributed by atoms with Crippen LogP contribution in [0.2, 0.25) is 0 Å².